The van der Waals surface area contributed by atoms with Gasteiger partial charge in [0.1, 0.15) is 5.76 Å². The molecule has 0 saturated heterocycles. The van der Waals surface area contributed by atoms with Crippen molar-refractivity contribution >= 4 is 23.7 Å². The van der Waals surface area contributed by atoms with Crippen molar-refractivity contribution in [2.45, 2.75) is 18.5 Å². The Hall–Kier alpha value is -3.07. The molecule has 0 fully saturated rings. The van der Waals surface area contributed by atoms with E-state index in [1.165, 1.54) is 0 Å². The van der Waals surface area contributed by atoms with Crippen LogP contribution in [0.2, 0.25) is 0 Å². The van der Waals surface area contributed by atoms with Gasteiger partial charge in [-0.15, -0.1) is 5.10 Å². The minimum absolute atomic E-state index is 0.112. The van der Waals surface area contributed by atoms with Gasteiger partial charge in [-0.05, 0) is 24.6 Å². The number of nitrogens with one attached hydrogen (secondary N) is 1. The monoisotopic (exact) mass is 387 g/mol. The number of benzene rings is 1. The molecule has 0 radical (unpaired) electrons. The average Bonchev–Trinajstić information content (AvgIpc) is 3.30. The average molecular weight is 387 g/mol. The van der Waals surface area contributed by atoms with E-state index in [0.29, 0.717) is 29.1 Å². The van der Waals surface area contributed by atoms with Crippen LogP contribution in [0.1, 0.15) is 12.5 Å². The molecule has 27 heavy (non-hydrogen) atoms. The van der Waals surface area contributed by atoms with Gasteiger partial charge in [0, 0.05) is 5.56 Å². The van der Waals surface area contributed by atoms with Crippen molar-refractivity contribution < 1.29 is 23.8 Å². The zero-order valence-corrected chi connectivity index (χ0v) is 15.3. The van der Waals surface area contributed by atoms with E-state index in [0.717, 1.165) is 22.9 Å². The van der Waals surface area contributed by atoms with Gasteiger partial charge in [0.25, 0.3) is 0 Å². The number of thioether (sulfide) groups is 1. The maximum atomic E-state index is 11.5. The second kappa shape index (κ2) is 8.54. The molecule has 0 atom stereocenters. The van der Waals surface area contributed by atoms with Gasteiger partial charge in [0.15, 0.2) is 11.6 Å². The van der Waals surface area contributed by atoms with Crippen LogP contribution in [-0.4, -0.2) is 44.6 Å². The van der Waals surface area contributed by atoms with E-state index in [1.807, 2.05) is 30.3 Å². The Morgan fingerprint density at radius 1 is 1.19 bits per heavy atom. The van der Waals surface area contributed by atoms with E-state index in [4.69, 9.17) is 14.3 Å². The fraction of sp³-hybridized carbons (Fsp3) is 0.222. The van der Waals surface area contributed by atoms with Crippen molar-refractivity contribution in [1.29, 1.82) is 0 Å². The summed E-state index contributed by atoms with van der Waals surface area (Å²) in [6.45, 7) is 2.14. The summed E-state index contributed by atoms with van der Waals surface area (Å²) < 4.78 is 10.7. The highest BCUT2D eigenvalue weighted by molar-refractivity contribution is 7.99. The molecule has 2 heterocycles. The van der Waals surface area contributed by atoms with Crippen LogP contribution in [0.3, 0.4) is 0 Å². The van der Waals surface area contributed by atoms with E-state index < -0.39 is 5.97 Å². The molecule has 0 amide bonds. The highest BCUT2D eigenvalue weighted by Gasteiger charge is 2.13. The number of esters is 1. The topological polar surface area (TPSA) is 118 Å². The molecule has 1 aromatic carbocycles. The van der Waals surface area contributed by atoms with Crippen molar-refractivity contribution in [2.24, 2.45) is 0 Å². The third kappa shape index (κ3) is 4.98. The normalized spacial score (nSPS) is 10.7. The number of carbonyl (C=O) groups is 2. The number of aromatic amines is 1. The molecule has 2 aromatic heterocycles. The number of rotatable bonds is 8. The molecule has 0 unspecified atom stereocenters. The second-order valence-electron chi connectivity index (χ2n) is 5.49. The van der Waals surface area contributed by atoms with Gasteiger partial charge in [0.05, 0.1) is 18.8 Å². The minimum atomic E-state index is -0.932. The van der Waals surface area contributed by atoms with E-state index in [2.05, 4.69) is 15.2 Å². The summed E-state index contributed by atoms with van der Waals surface area (Å²) in [5.74, 6) is 0.261. The lowest BCUT2D eigenvalue weighted by molar-refractivity contribution is -0.142. The summed E-state index contributed by atoms with van der Waals surface area (Å²) in [6.07, 6.45) is 0.229. The first-order chi connectivity index (χ1) is 13.0. The van der Waals surface area contributed by atoms with Gasteiger partial charge < -0.3 is 14.3 Å². The summed E-state index contributed by atoms with van der Waals surface area (Å²) >= 11 is 1.02. The molecular weight excluding hydrogens is 370 g/mol. The number of H-pyrrole nitrogens is 1. The van der Waals surface area contributed by atoms with Crippen molar-refractivity contribution in [2.75, 3.05) is 12.4 Å². The van der Waals surface area contributed by atoms with Gasteiger partial charge in [-0.3, -0.25) is 14.7 Å². The smallest absolute Gasteiger partial charge is 0.313 e. The van der Waals surface area contributed by atoms with Crippen LogP contribution in [0.15, 0.2) is 46.0 Å². The van der Waals surface area contributed by atoms with Crippen LogP contribution in [-0.2, 0) is 20.7 Å². The Kier molecular flexibility index (Phi) is 5.92. The molecule has 0 aliphatic rings. The number of aliphatic carboxylic acids is 1. The molecule has 3 aromatic rings. The number of aromatic nitrogens is 3. The third-order valence-electron chi connectivity index (χ3n) is 3.52. The van der Waals surface area contributed by atoms with Crippen LogP contribution < -0.4 is 0 Å². The van der Waals surface area contributed by atoms with Crippen LogP contribution in [0, 0.1) is 0 Å². The summed E-state index contributed by atoms with van der Waals surface area (Å²) in [4.78, 5) is 26.3. The Balaban J connectivity index is 1.68. The molecule has 0 saturated carbocycles. The maximum absolute atomic E-state index is 11.5. The van der Waals surface area contributed by atoms with Gasteiger partial charge in [-0.1, -0.05) is 36.0 Å². The Labute approximate surface area is 159 Å². The Morgan fingerprint density at radius 2 is 1.93 bits per heavy atom. The first-order valence-electron chi connectivity index (χ1n) is 8.17. The number of carboxylic acids is 1. The quantitative estimate of drug-likeness (QED) is 0.447. The van der Waals surface area contributed by atoms with Gasteiger partial charge in [-0.25, -0.2) is 0 Å². The van der Waals surface area contributed by atoms with Crippen LogP contribution in [0.5, 0.6) is 0 Å². The highest BCUT2D eigenvalue weighted by atomic mass is 32.2. The van der Waals surface area contributed by atoms with Crippen LogP contribution in [0.25, 0.3) is 22.9 Å². The molecule has 140 valence electrons. The largest absolute Gasteiger partial charge is 0.481 e. The number of hydrogen-bond acceptors (Lipinski definition) is 7. The van der Waals surface area contributed by atoms with Crippen molar-refractivity contribution in [3.05, 3.63) is 42.0 Å². The number of nitrogens with zero attached hydrogens (tertiary/aromatic N) is 2. The fourth-order valence-electron chi connectivity index (χ4n) is 2.33. The van der Waals surface area contributed by atoms with Crippen molar-refractivity contribution in [3.8, 4) is 22.9 Å². The summed E-state index contributed by atoms with van der Waals surface area (Å²) in [6, 6.07) is 11.0. The number of carbonyl (C=O) groups excluding carboxylic acids is 1. The van der Waals surface area contributed by atoms with Crippen molar-refractivity contribution in [1.82, 2.24) is 15.2 Å². The van der Waals surface area contributed by atoms with E-state index in [1.54, 1.807) is 13.0 Å². The number of carboxylic acid groups (broad SMARTS) is 1. The predicted molar refractivity (Wildman–Crippen MR) is 98.2 cm³/mol. The first kappa shape index (κ1) is 18.7. The lowest BCUT2D eigenvalue weighted by Crippen LogP contribution is -2.07. The molecule has 3 rings (SSSR count). The van der Waals surface area contributed by atoms with Gasteiger partial charge in [0.2, 0.25) is 5.16 Å². The molecule has 0 spiro atoms. The molecular formula is C18H17N3O5S. The lowest BCUT2D eigenvalue weighted by Gasteiger charge is -2.03. The van der Waals surface area contributed by atoms with E-state index in [9.17, 15) is 9.59 Å². The minimum Gasteiger partial charge on any atom is -0.481 e. The van der Waals surface area contributed by atoms with Crippen LogP contribution in [0.4, 0.5) is 0 Å². The molecule has 2 N–H and O–H groups in total. The molecule has 0 aliphatic carbocycles. The standard InChI is InChI=1S/C18H17N3O5S/c1-2-25-16(24)9-11-3-5-12(6-4-11)13-7-8-14(26-13)17-19-18(21-20-17)27-10-15(22)23/h3-8H,2,9-10H2,1H3,(H,22,23)(H,19,20,21). The number of hydrogen-bond donors (Lipinski definition) is 2. The molecule has 0 bridgehead atoms. The summed E-state index contributed by atoms with van der Waals surface area (Å²) in [5.41, 5.74) is 1.72. The maximum Gasteiger partial charge on any atom is 0.313 e. The van der Waals surface area contributed by atoms with E-state index in [-0.39, 0.29) is 18.1 Å². The zero-order valence-electron chi connectivity index (χ0n) is 14.5. The van der Waals surface area contributed by atoms with Crippen molar-refractivity contribution in [3.63, 3.8) is 0 Å². The Bertz CT molecular complexity index is 933. The Morgan fingerprint density at radius 3 is 2.63 bits per heavy atom. The first-order valence-corrected chi connectivity index (χ1v) is 9.16. The van der Waals surface area contributed by atoms with Gasteiger partial charge in [-0.2, -0.15) is 4.98 Å². The van der Waals surface area contributed by atoms with Crippen LogP contribution >= 0.6 is 11.8 Å². The predicted octanol–water partition coefficient (Wildman–Crippen LogP) is 3.01. The lowest BCUT2D eigenvalue weighted by atomic mass is 10.1. The summed E-state index contributed by atoms with van der Waals surface area (Å²) in [7, 11) is 0. The number of ether oxygens (including phenoxy) is 1. The van der Waals surface area contributed by atoms with Gasteiger partial charge >= 0.3 is 11.9 Å². The molecule has 9 heteroatoms. The van der Waals surface area contributed by atoms with E-state index >= 15 is 0 Å². The highest BCUT2D eigenvalue weighted by Crippen LogP contribution is 2.28. The fourth-order valence-corrected chi connectivity index (χ4v) is 2.85. The number of furan rings is 1. The molecule has 0 aliphatic heterocycles. The third-order valence-corrected chi connectivity index (χ3v) is 4.35. The zero-order chi connectivity index (χ0) is 19.2. The SMILES string of the molecule is CCOC(=O)Cc1ccc(-c2ccc(-c3nc(SCC(=O)O)n[nH]3)o2)cc1. The second-order valence-corrected chi connectivity index (χ2v) is 6.43. The summed E-state index contributed by atoms with van der Waals surface area (Å²) in [5, 5.41) is 15.7. The molecule has 8 nitrogen and oxygen atoms in total.